The van der Waals surface area contributed by atoms with Gasteiger partial charge >= 0.3 is 6.18 Å². The highest BCUT2D eigenvalue weighted by atomic mass is 79.9. The number of aliphatic hydroxyl groups is 1. The van der Waals surface area contributed by atoms with Gasteiger partial charge in [-0.15, -0.1) is 5.10 Å². The van der Waals surface area contributed by atoms with E-state index in [9.17, 15) is 23.1 Å². The SMILES string of the molecule is CO/C=C(/C=O)c1ccccc1COc1nn(CC(C)O)c(Br)c1C(F)(F)F. The Morgan fingerprint density at radius 2 is 2.07 bits per heavy atom. The summed E-state index contributed by atoms with van der Waals surface area (Å²) in [5, 5.41) is 13.3. The monoisotopic (exact) mass is 462 g/mol. The minimum atomic E-state index is -4.71. The standard InChI is InChI=1S/C18H18BrF3N2O4/c1-11(26)7-24-16(19)15(18(20,21)22)17(23-24)28-10-12-5-3-4-6-14(12)13(8-25)9-27-2/h3-6,8-9,11,26H,7,10H2,1-2H3/b13-9-. The minimum absolute atomic E-state index is 0.143. The maximum absolute atomic E-state index is 13.5. The molecule has 1 aromatic carbocycles. The van der Waals surface area contributed by atoms with Gasteiger partial charge in [0.1, 0.15) is 11.2 Å². The number of rotatable bonds is 8. The molecule has 6 nitrogen and oxygen atoms in total. The van der Waals surface area contributed by atoms with E-state index in [-0.39, 0.29) is 23.3 Å². The third-order valence-corrected chi connectivity index (χ3v) is 4.45. The molecule has 0 radical (unpaired) electrons. The molecule has 0 aliphatic carbocycles. The molecule has 0 aliphatic heterocycles. The maximum Gasteiger partial charge on any atom is 0.424 e. The van der Waals surface area contributed by atoms with Crippen molar-refractivity contribution in [3.8, 4) is 5.88 Å². The van der Waals surface area contributed by atoms with E-state index >= 15 is 0 Å². The Morgan fingerprint density at radius 3 is 2.64 bits per heavy atom. The summed E-state index contributed by atoms with van der Waals surface area (Å²) >= 11 is 2.88. The van der Waals surface area contributed by atoms with Gasteiger partial charge in [-0.1, -0.05) is 24.3 Å². The zero-order chi connectivity index (χ0) is 20.9. The topological polar surface area (TPSA) is 73.6 Å². The van der Waals surface area contributed by atoms with Gasteiger partial charge in [-0.25, -0.2) is 0 Å². The average molecular weight is 463 g/mol. The van der Waals surface area contributed by atoms with Gasteiger partial charge in [0.25, 0.3) is 0 Å². The largest absolute Gasteiger partial charge is 0.504 e. The number of nitrogens with zero attached hydrogens (tertiary/aromatic N) is 2. The number of hydrogen-bond donors (Lipinski definition) is 1. The van der Waals surface area contributed by atoms with Gasteiger partial charge in [-0.05, 0) is 34.0 Å². The number of methoxy groups -OCH3 is 1. The number of allylic oxidation sites excluding steroid dienone is 1. The van der Waals surface area contributed by atoms with Crippen LogP contribution in [-0.2, 0) is 28.9 Å². The van der Waals surface area contributed by atoms with Gasteiger partial charge in [0.2, 0.25) is 5.88 Å². The fourth-order valence-corrected chi connectivity index (χ4v) is 3.11. The normalized spacial score (nSPS) is 13.3. The van der Waals surface area contributed by atoms with Crippen molar-refractivity contribution in [1.82, 2.24) is 9.78 Å². The van der Waals surface area contributed by atoms with E-state index in [1.807, 2.05) is 0 Å². The fraction of sp³-hybridized carbons (Fsp3) is 0.333. The molecule has 0 saturated carbocycles. The number of aliphatic hydroxyl groups excluding tert-OH is 1. The molecule has 1 aromatic heterocycles. The first-order valence-corrected chi connectivity index (χ1v) is 8.89. The van der Waals surface area contributed by atoms with E-state index < -0.39 is 23.7 Å². The first kappa shape index (κ1) is 22.0. The summed E-state index contributed by atoms with van der Waals surface area (Å²) in [6, 6.07) is 6.60. The number of carbonyl (C=O) groups excluding carboxylic acids is 1. The number of alkyl halides is 3. The fourth-order valence-electron chi connectivity index (χ4n) is 2.49. The lowest BCUT2D eigenvalue weighted by atomic mass is 10.0. The van der Waals surface area contributed by atoms with E-state index in [0.29, 0.717) is 17.4 Å². The lowest BCUT2D eigenvalue weighted by molar-refractivity contribution is -0.139. The Labute approximate surface area is 167 Å². The summed E-state index contributed by atoms with van der Waals surface area (Å²) < 4.78 is 51.2. The Hall–Kier alpha value is -2.33. The van der Waals surface area contributed by atoms with Crippen molar-refractivity contribution in [2.24, 2.45) is 0 Å². The van der Waals surface area contributed by atoms with Crippen LogP contribution >= 0.6 is 15.9 Å². The molecule has 1 N–H and O–H groups in total. The summed E-state index contributed by atoms with van der Waals surface area (Å²) in [5.41, 5.74) is 0.0925. The zero-order valence-electron chi connectivity index (χ0n) is 15.0. The number of ether oxygens (including phenoxy) is 2. The second kappa shape index (κ2) is 9.24. The number of aldehydes is 1. The Balaban J connectivity index is 2.38. The molecule has 2 rings (SSSR count). The minimum Gasteiger partial charge on any atom is -0.504 e. The second-order valence-corrected chi connectivity index (χ2v) is 6.62. The molecule has 1 heterocycles. The van der Waals surface area contributed by atoms with E-state index in [1.54, 1.807) is 24.3 Å². The van der Waals surface area contributed by atoms with Gasteiger partial charge in [0, 0.05) is 0 Å². The molecule has 0 aliphatic rings. The number of benzene rings is 1. The third-order valence-electron chi connectivity index (χ3n) is 3.64. The molecule has 1 atom stereocenters. The maximum atomic E-state index is 13.5. The lowest BCUT2D eigenvalue weighted by Gasteiger charge is -2.11. The molecule has 0 bridgehead atoms. The summed E-state index contributed by atoms with van der Waals surface area (Å²) in [7, 11) is 1.38. The summed E-state index contributed by atoms with van der Waals surface area (Å²) in [6.07, 6.45) is -3.80. The van der Waals surface area contributed by atoms with Crippen LogP contribution in [0.5, 0.6) is 5.88 Å². The number of halogens is 4. The Kier molecular flexibility index (Phi) is 7.25. The second-order valence-electron chi connectivity index (χ2n) is 5.87. The van der Waals surface area contributed by atoms with Gasteiger partial charge in [-0.2, -0.15) is 13.2 Å². The van der Waals surface area contributed by atoms with Crippen LogP contribution in [0.15, 0.2) is 35.1 Å². The molecule has 0 saturated heterocycles. The highest BCUT2D eigenvalue weighted by Gasteiger charge is 2.41. The van der Waals surface area contributed by atoms with Crippen molar-refractivity contribution in [1.29, 1.82) is 0 Å². The van der Waals surface area contributed by atoms with Crippen molar-refractivity contribution in [2.45, 2.75) is 32.4 Å². The van der Waals surface area contributed by atoms with Crippen LogP contribution < -0.4 is 4.74 Å². The molecule has 0 spiro atoms. The van der Waals surface area contributed by atoms with Gasteiger partial charge < -0.3 is 14.6 Å². The molecular formula is C18H18BrF3N2O4. The summed E-state index contributed by atoms with van der Waals surface area (Å²) in [6.45, 7) is 1.03. The van der Waals surface area contributed by atoms with Crippen LogP contribution in [0.1, 0.15) is 23.6 Å². The van der Waals surface area contributed by atoms with Gasteiger partial charge in [0.05, 0.1) is 31.6 Å². The van der Waals surface area contributed by atoms with Gasteiger partial charge in [0.15, 0.2) is 11.8 Å². The number of hydrogen-bond acceptors (Lipinski definition) is 5. The van der Waals surface area contributed by atoms with Crippen LogP contribution in [0, 0.1) is 0 Å². The molecule has 0 amide bonds. The van der Waals surface area contributed by atoms with Gasteiger partial charge in [-0.3, -0.25) is 9.48 Å². The number of aromatic nitrogens is 2. The number of carbonyl (C=O) groups is 1. The van der Waals surface area contributed by atoms with E-state index in [4.69, 9.17) is 9.47 Å². The highest BCUT2D eigenvalue weighted by molar-refractivity contribution is 9.10. The third kappa shape index (κ3) is 5.14. The van der Waals surface area contributed by atoms with Crippen LogP contribution in [0.2, 0.25) is 0 Å². The zero-order valence-corrected chi connectivity index (χ0v) is 16.6. The van der Waals surface area contributed by atoms with Crippen molar-refractivity contribution < 1.29 is 32.5 Å². The van der Waals surface area contributed by atoms with E-state index in [1.165, 1.54) is 20.3 Å². The van der Waals surface area contributed by atoms with Crippen molar-refractivity contribution in [3.63, 3.8) is 0 Å². The summed E-state index contributed by atoms with van der Waals surface area (Å²) in [5.74, 6) is -0.627. The van der Waals surface area contributed by atoms with E-state index in [0.717, 1.165) is 4.68 Å². The smallest absolute Gasteiger partial charge is 0.424 e. The van der Waals surface area contributed by atoms with Crippen LogP contribution in [0.4, 0.5) is 13.2 Å². The summed E-state index contributed by atoms with van der Waals surface area (Å²) in [4.78, 5) is 11.3. The Bertz CT molecular complexity index is 863. The average Bonchev–Trinajstić information content (AvgIpc) is 2.93. The first-order chi connectivity index (χ1) is 13.2. The molecular weight excluding hydrogens is 445 g/mol. The Morgan fingerprint density at radius 1 is 1.39 bits per heavy atom. The predicted octanol–water partition coefficient (Wildman–Crippen LogP) is 3.81. The van der Waals surface area contributed by atoms with Crippen LogP contribution in [0.3, 0.4) is 0 Å². The van der Waals surface area contributed by atoms with Crippen molar-refractivity contribution in [2.75, 3.05) is 7.11 Å². The lowest BCUT2D eigenvalue weighted by Crippen LogP contribution is -2.14. The highest BCUT2D eigenvalue weighted by Crippen LogP contribution is 2.41. The van der Waals surface area contributed by atoms with Crippen molar-refractivity contribution >= 4 is 27.8 Å². The molecule has 28 heavy (non-hydrogen) atoms. The molecule has 10 heteroatoms. The van der Waals surface area contributed by atoms with Crippen LogP contribution in [-0.4, -0.2) is 34.4 Å². The van der Waals surface area contributed by atoms with E-state index in [2.05, 4.69) is 21.0 Å². The van der Waals surface area contributed by atoms with Crippen LogP contribution in [0.25, 0.3) is 5.57 Å². The van der Waals surface area contributed by atoms with Crippen molar-refractivity contribution in [3.05, 3.63) is 51.8 Å². The predicted molar refractivity (Wildman–Crippen MR) is 98.4 cm³/mol. The first-order valence-electron chi connectivity index (χ1n) is 8.09. The molecule has 0 fully saturated rings. The molecule has 1 unspecified atom stereocenters. The molecule has 2 aromatic rings. The quantitative estimate of drug-likeness (QED) is 0.366. The molecule has 152 valence electrons.